The number of allylic oxidation sites excluding steroid dienone is 4. The smallest absolute Gasteiger partial charge is 0.234 e. The quantitative estimate of drug-likeness (QED) is 0.186. The van der Waals surface area contributed by atoms with E-state index in [1.165, 1.54) is 11.0 Å². The summed E-state index contributed by atoms with van der Waals surface area (Å²) in [6, 6.07) is 32.2. The Labute approximate surface area is 285 Å². The van der Waals surface area contributed by atoms with E-state index < -0.39 is 35.0 Å². The van der Waals surface area contributed by atoms with Gasteiger partial charge in [0.25, 0.3) is 0 Å². The Kier molecular flexibility index (Phi) is 7.36. The Balaban J connectivity index is 1.35. The van der Waals surface area contributed by atoms with Crippen LogP contribution in [0.5, 0.6) is 5.75 Å². The molecule has 244 valence electrons. The molecule has 1 aliphatic heterocycles. The number of benzene rings is 4. The molecule has 1 saturated carbocycles. The van der Waals surface area contributed by atoms with Gasteiger partial charge in [-0.25, -0.2) is 0 Å². The number of rotatable bonds is 5. The van der Waals surface area contributed by atoms with E-state index in [2.05, 4.69) is 6.08 Å². The molecule has 8 rings (SSSR count). The van der Waals surface area contributed by atoms with Gasteiger partial charge in [-0.3, -0.25) is 24.1 Å². The number of carbonyl (C=O) groups is 4. The minimum Gasteiger partial charge on any atom is -0.507 e. The van der Waals surface area contributed by atoms with Crippen LogP contribution >= 0.6 is 0 Å². The van der Waals surface area contributed by atoms with E-state index in [0.717, 1.165) is 22.3 Å². The fourth-order valence-electron chi connectivity index (χ4n) is 9.39. The average molecular weight is 648 g/mol. The van der Waals surface area contributed by atoms with E-state index in [9.17, 15) is 14.7 Å². The summed E-state index contributed by atoms with van der Waals surface area (Å²) in [5.41, 5.74) is 4.45. The molecule has 4 aromatic carbocycles. The Morgan fingerprint density at radius 3 is 2.04 bits per heavy atom. The fraction of sp³-hybridized carbons (Fsp3) is 0.256. The zero-order valence-corrected chi connectivity index (χ0v) is 27.5. The molecule has 1 saturated heterocycles. The van der Waals surface area contributed by atoms with Gasteiger partial charge in [0.05, 0.1) is 23.8 Å². The summed E-state index contributed by atoms with van der Waals surface area (Å²) in [7, 11) is 0. The first-order valence-corrected chi connectivity index (χ1v) is 17.0. The number of fused-ring (bicyclic) bond motifs is 4. The Bertz CT molecular complexity index is 2060. The molecule has 6 nitrogen and oxygen atoms in total. The predicted molar refractivity (Wildman–Crippen MR) is 186 cm³/mol. The monoisotopic (exact) mass is 647 g/mol. The van der Waals surface area contributed by atoms with Crippen LogP contribution in [0.2, 0.25) is 0 Å². The van der Waals surface area contributed by atoms with Crippen LogP contribution in [-0.2, 0) is 31.1 Å². The third-order valence-electron chi connectivity index (χ3n) is 11.5. The van der Waals surface area contributed by atoms with Crippen LogP contribution in [0.15, 0.2) is 121 Å². The molecule has 0 radical (unpaired) electrons. The fourth-order valence-corrected chi connectivity index (χ4v) is 9.39. The number of phenolic OH excluding ortho intramolecular Hbond substituents is 1. The van der Waals surface area contributed by atoms with Crippen LogP contribution in [0.4, 0.5) is 0 Å². The first-order chi connectivity index (χ1) is 23.7. The molecule has 0 bridgehead atoms. The van der Waals surface area contributed by atoms with Crippen LogP contribution in [0.25, 0.3) is 5.57 Å². The van der Waals surface area contributed by atoms with Crippen molar-refractivity contribution in [2.45, 2.75) is 44.6 Å². The maximum absolute atomic E-state index is 15.1. The van der Waals surface area contributed by atoms with Crippen molar-refractivity contribution < 1.29 is 24.3 Å². The molecule has 4 aliphatic rings. The lowest BCUT2D eigenvalue weighted by molar-refractivity contribution is -0.141. The third kappa shape index (κ3) is 4.61. The summed E-state index contributed by atoms with van der Waals surface area (Å²) in [4.78, 5) is 59.9. The number of aryl methyl sites for hydroxylation is 2. The average Bonchev–Trinajstić information content (AvgIpc) is 3.36. The molecule has 1 heterocycles. The summed E-state index contributed by atoms with van der Waals surface area (Å²) in [5, 5.41) is 10.8. The molecule has 1 N–H and O–H groups in total. The highest BCUT2D eigenvalue weighted by molar-refractivity contribution is 6.31. The molecule has 6 heteroatoms. The lowest BCUT2D eigenvalue weighted by atomic mass is 9.44. The number of hydrogen-bond donors (Lipinski definition) is 1. The first kappa shape index (κ1) is 30.9. The van der Waals surface area contributed by atoms with Gasteiger partial charge >= 0.3 is 0 Å². The van der Waals surface area contributed by atoms with Gasteiger partial charge in [0.15, 0.2) is 11.6 Å². The largest absolute Gasteiger partial charge is 0.507 e. The van der Waals surface area contributed by atoms with E-state index in [4.69, 9.17) is 0 Å². The van der Waals surface area contributed by atoms with E-state index in [0.29, 0.717) is 28.7 Å². The van der Waals surface area contributed by atoms with E-state index in [-0.39, 0.29) is 42.1 Å². The predicted octanol–water partition coefficient (Wildman–Crippen LogP) is 7.03. The van der Waals surface area contributed by atoms with E-state index in [1.54, 1.807) is 0 Å². The topological polar surface area (TPSA) is 91.8 Å². The SMILES string of the molecule is Cc1cc(C2C3=CCC4C(=O)N(Cc5ccccc5)C(=O)C4C3CC3C(=O)C(c4ccccc4)=CC(=O)C32c2ccccc2)cc(C)c1O. The second-order valence-electron chi connectivity index (χ2n) is 14.0. The second-order valence-corrected chi connectivity index (χ2v) is 14.0. The second kappa shape index (κ2) is 11.7. The maximum Gasteiger partial charge on any atom is 0.234 e. The van der Waals surface area contributed by atoms with Gasteiger partial charge in [-0.2, -0.15) is 0 Å². The summed E-state index contributed by atoms with van der Waals surface area (Å²) < 4.78 is 0. The van der Waals surface area contributed by atoms with Crippen molar-refractivity contribution in [1.29, 1.82) is 0 Å². The normalized spacial score (nSPS) is 27.6. The van der Waals surface area contributed by atoms with Gasteiger partial charge in [-0.05, 0) is 72.1 Å². The zero-order chi connectivity index (χ0) is 34.0. The van der Waals surface area contributed by atoms with Gasteiger partial charge < -0.3 is 5.11 Å². The molecule has 6 unspecified atom stereocenters. The van der Waals surface area contributed by atoms with Crippen molar-refractivity contribution >= 4 is 29.0 Å². The van der Waals surface area contributed by atoms with Crippen molar-refractivity contribution in [2.75, 3.05) is 0 Å². The lowest BCUT2D eigenvalue weighted by Crippen LogP contribution is -2.58. The molecule has 2 amide bonds. The summed E-state index contributed by atoms with van der Waals surface area (Å²) in [6.07, 6.45) is 4.26. The van der Waals surface area contributed by atoms with E-state index >= 15 is 9.59 Å². The highest BCUT2D eigenvalue weighted by Crippen LogP contribution is 2.64. The standard InChI is InChI=1S/C43H37NO5/c1-25-20-29(21-26(2)39(25)46)38-31-18-19-32-37(42(49)44(41(32)48)24-27-12-6-3-7-13-27)34(31)22-35-40(47)33(28-14-8-4-9-15-28)23-36(45)43(35,38)30-16-10-5-11-17-30/h3-18,20-21,23,32,34-35,37-38,46H,19,22,24H2,1-2H3. The van der Waals surface area contributed by atoms with Crippen molar-refractivity contribution in [2.24, 2.45) is 23.7 Å². The van der Waals surface area contributed by atoms with Crippen LogP contribution in [-0.4, -0.2) is 33.4 Å². The Hall–Kier alpha value is -5.36. The third-order valence-corrected chi connectivity index (χ3v) is 11.5. The number of aromatic hydroxyl groups is 1. The Morgan fingerprint density at radius 2 is 1.39 bits per heavy atom. The van der Waals surface area contributed by atoms with Gasteiger partial charge in [0.2, 0.25) is 11.8 Å². The van der Waals surface area contributed by atoms with Gasteiger partial charge in [0.1, 0.15) is 5.75 Å². The van der Waals surface area contributed by atoms with Crippen molar-refractivity contribution in [3.8, 4) is 5.75 Å². The van der Waals surface area contributed by atoms with E-state index in [1.807, 2.05) is 117 Å². The molecule has 3 aliphatic carbocycles. The molecule has 0 aromatic heterocycles. The molecule has 0 spiro atoms. The van der Waals surface area contributed by atoms with Gasteiger partial charge in [-0.15, -0.1) is 0 Å². The number of amides is 2. The molecule has 2 fully saturated rings. The minimum atomic E-state index is -1.29. The molecule has 6 atom stereocenters. The van der Waals surface area contributed by atoms with Gasteiger partial charge in [-0.1, -0.05) is 115 Å². The molecule has 49 heavy (non-hydrogen) atoms. The summed E-state index contributed by atoms with van der Waals surface area (Å²) in [6.45, 7) is 3.88. The summed E-state index contributed by atoms with van der Waals surface area (Å²) >= 11 is 0. The van der Waals surface area contributed by atoms with Crippen LogP contribution in [0.3, 0.4) is 0 Å². The van der Waals surface area contributed by atoms with Crippen molar-refractivity contribution in [3.63, 3.8) is 0 Å². The van der Waals surface area contributed by atoms with Gasteiger partial charge in [0, 0.05) is 17.4 Å². The number of ketones is 2. The molecular weight excluding hydrogens is 610 g/mol. The van der Waals surface area contributed by atoms with Crippen LogP contribution < -0.4 is 0 Å². The maximum atomic E-state index is 15.1. The molecular formula is C43H37NO5. The Morgan fingerprint density at radius 1 is 0.776 bits per heavy atom. The number of Topliss-reactive ketones (excluding diaryl/α,β-unsaturated/α-hetero) is 1. The summed E-state index contributed by atoms with van der Waals surface area (Å²) in [5.74, 6) is -3.50. The number of imide groups is 1. The van der Waals surface area contributed by atoms with Crippen LogP contribution in [0, 0.1) is 37.5 Å². The lowest BCUT2D eigenvalue weighted by Gasteiger charge is -2.55. The highest BCUT2D eigenvalue weighted by Gasteiger charge is 2.65. The number of likely N-dealkylation sites (tertiary alicyclic amines) is 1. The number of phenols is 1. The number of hydrogen-bond acceptors (Lipinski definition) is 5. The van der Waals surface area contributed by atoms with Crippen LogP contribution in [0.1, 0.15) is 52.1 Å². The first-order valence-electron chi connectivity index (χ1n) is 17.0. The number of nitrogens with zero attached hydrogens (tertiary/aromatic N) is 1. The minimum absolute atomic E-state index is 0.133. The zero-order valence-electron chi connectivity index (χ0n) is 27.5. The van der Waals surface area contributed by atoms with Crippen molar-refractivity contribution in [1.82, 2.24) is 4.90 Å². The number of carbonyl (C=O) groups excluding carboxylic acids is 4. The van der Waals surface area contributed by atoms with Crippen molar-refractivity contribution in [3.05, 3.63) is 154 Å². The molecule has 4 aromatic rings. The highest BCUT2D eigenvalue weighted by atomic mass is 16.3.